The molecule has 0 aliphatic heterocycles. The summed E-state index contributed by atoms with van der Waals surface area (Å²) in [5, 5.41) is 2.00. The Morgan fingerprint density at radius 1 is 1.28 bits per heavy atom. The molecule has 1 saturated carbocycles. The first kappa shape index (κ1) is 14.0. The van der Waals surface area contributed by atoms with E-state index in [2.05, 4.69) is 9.44 Å². The largest absolute Gasteiger partial charge is 0.277 e. The predicted octanol–water partition coefficient (Wildman–Crippen LogP) is 2.05. The Kier molecular flexibility index (Phi) is 5.17. The molecular formula is C12H20N2O2S2. The minimum atomic E-state index is -3.33. The Labute approximate surface area is 113 Å². The van der Waals surface area contributed by atoms with Crippen LogP contribution in [0.25, 0.3) is 0 Å². The van der Waals surface area contributed by atoms with Crippen LogP contribution >= 0.6 is 11.3 Å². The highest BCUT2D eigenvalue weighted by Crippen LogP contribution is 2.17. The fraction of sp³-hybridized carbons (Fsp3) is 0.667. The molecule has 1 heterocycles. The van der Waals surface area contributed by atoms with Gasteiger partial charge in [0.05, 0.1) is 0 Å². The smallest absolute Gasteiger partial charge is 0.202 e. The van der Waals surface area contributed by atoms with Crippen LogP contribution < -0.4 is 9.44 Å². The Balaban J connectivity index is 1.73. The minimum absolute atomic E-state index is 0.123. The third-order valence-corrected chi connectivity index (χ3v) is 5.33. The van der Waals surface area contributed by atoms with Crippen molar-refractivity contribution < 1.29 is 8.42 Å². The molecule has 1 aliphatic carbocycles. The van der Waals surface area contributed by atoms with Crippen LogP contribution in [0.4, 0.5) is 0 Å². The molecule has 1 aliphatic rings. The van der Waals surface area contributed by atoms with Gasteiger partial charge in [0.25, 0.3) is 10.2 Å². The summed E-state index contributed by atoms with van der Waals surface area (Å²) in [4.78, 5) is 1.20. The molecule has 102 valence electrons. The quantitative estimate of drug-likeness (QED) is 0.841. The summed E-state index contributed by atoms with van der Waals surface area (Å²) in [5.41, 5.74) is 0. The van der Waals surface area contributed by atoms with Gasteiger partial charge in [-0.3, -0.25) is 0 Å². The van der Waals surface area contributed by atoms with Gasteiger partial charge in [-0.1, -0.05) is 25.3 Å². The zero-order chi connectivity index (χ0) is 12.8. The van der Waals surface area contributed by atoms with E-state index in [1.165, 1.54) is 11.3 Å². The topological polar surface area (TPSA) is 58.2 Å². The first-order valence-corrected chi connectivity index (χ1v) is 8.81. The average molecular weight is 288 g/mol. The molecule has 0 bridgehead atoms. The molecule has 0 spiro atoms. The van der Waals surface area contributed by atoms with Crippen molar-refractivity contribution in [2.45, 2.75) is 44.6 Å². The fourth-order valence-electron chi connectivity index (χ4n) is 2.24. The van der Waals surface area contributed by atoms with E-state index in [4.69, 9.17) is 0 Å². The molecule has 2 rings (SSSR count). The lowest BCUT2D eigenvalue weighted by molar-refractivity contribution is 0.410. The highest BCUT2D eigenvalue weighted by molar-refractivity contribution is 7.87. The summed E-state index contributed by atoms with van der Waals surface area (Å²) < 4.78 is 29.0. The molecule has 4 nitrogen and oxygen atoms in total. The van der Waals surface area contributed by atoms with Gasteiger partial charge in [0, 0.05) is 17.5 Å². The fourth-order valence-corrected chi connectivity index (χ4v) is 4.08. The SMILES string of the molecule is O=S(=O)(NCCc1cccs1)NC1CCCCC1. The monoisotopic (exact) mass is 288 g/mol. The molecule has 0 atom stereocenters. The summed E-state index contributed by atoms with van der Waals surface area (Å²) in [5.74, 6) is 0. The second-order valence-electron chi connectivity index (χ2n) is 4.68. The van der Waals surface area contributed by atoms with Crippen molar-refractivity contribution in [2.24, 2.45) is 0 Å². The number of nitrogens with one attached hydrogen (secondary N) is 2. The van der Waals surface area contributed by atoms with E-state index >= 15 is 0 Å². The van der Waals surface area contributed by atoms with Crippen LogP contribution in [0.15, 0.2) is 17.5 Å². The molecule has 1 fully saturated rings. The summed E-state index contributed by atoms with van der Waals surface area (Å²) in [7, 11) is -3.33. The Morgan fingerprint density at radius 3 is 2.72 bits per heavy atom. The van der Waals surface area contributed by atoms with E-state index in [9.17, 15) is 8.42 Å². The summed E-state index contributed by atoms with van der Waals surface area (Å²) in [6.07, 6.45) is 6.16. The molecule has 1 aromatic heterocycles. The lowest BCUT2D eigenvalue weighted by Crippen LogP contribution is -2.44. The summed E-state index contributed by atoms with van der Waals surface area (Å²) in [6.45, 7) is 0.461. The Morgan fingerprint density at radius 2 is 2.06 bits per heavy atom. The Bertz CT molecular complexity index is 437. The second-order valence-corrected chi connectivity index (χ2v) is 7.24. The maximum absolute atomic E-state index is 11.8. The van der Waals surface area contributed by atoms with E-state index in [1.54, 1.807) is 11.3 Å². The van der Waals surface area contributed by atoms with Gasteiger partial charge in [0.1, 0.15) is 0 Å². The van der Waals surface area contributed by atoms with Gasteiger partial charge in [-0.25, -0.2) is 4.72 Å². The van der Waals surface area contributed by atoms with Gasteiger partial charge in [0.15, 0.2) is 0 Å². The van der Waals surface area contributed by atoms with Crippen LogP contribution in [0.1, 0.15) is 37.0 Å². The molecule has 2 N–H and O–H groups in total. The van der Waals surface area contributed by atoms with E-state index < -0.39 is 10.2 Å². The van der Waals surface area contributed by atoms with E-state index in [0.717, 1.165) is 32.1 Å². The van der Waals surface area contributed by atoms with Crippen molar-refractivity contribution in [1.29, 1.82) is 0 Å². The summed E-state index contributed by atoms with van der Waals surface area (Å²) >= 11 is 1.65. The minimum Gasteiger partial charge on any atom is -0.202 e. The van der Waals surface area contributed by atoms with Crippen LogP contribution in [0.2, 0.25) is 0 Å². The zero-order valence-corrected chi connectivity index (χ0v) is 12.0. The number of hydrogen-bond acceptors (Lipinski definition) is 3. The molecule has 0 saturated heterocycles. The van der Waals surface area contributed by atoms with Crippen LogP contribution in [0, 0.1) is 0 Å². The maximum atomic E-state index is 11.8. The molecule has 1 aromatic rings. The number of hydrogen-bond donors (Lipinski definition) is 2. The van der Waals surface area contributed by atoms with E-state index in [-0.39, 0.29) is 6.04 Å². The van der Waals surface area contributed by atoms with Gasteiger partial charge in [0.2, 0.25) is 0 Å². The van der Waals surface area contributed by atoms with Crippen molar-refractivity contribution in [3.63, 3.8) is 0 Å². The lowest BCUT2D eigenvalue weighted by atomic mass is 9.96. The molecule has 0 aromatic carbocycles. The first-order chi connectivity index (χ1) is 8.66. The van der Waals surface area contributed by atoms with Crippen molar-refractivity contribution in [1.82, 2.24) is 9.44 Å². The van der Waals surface area contributed by atoms with Gasteiger partial charge < -0.3 is 0 Å². The molecule has 0 amide bonds. The second kappa shape index (κ2) is 6.65. The zero-order valence-electron chi connectivity index (χ0n) is 10.4. The van der Waals surface area contributed by atoms with E-state index in [1.807, 2.05) is 17.5 Å². The number of rotatable bonds is 6. The number of thiophene rings is 1. The lowest BCUT2D eigenvalue weighted by Gasteiger charge is -2.22. The standard InChI is InChI=1S/C12H20N2O2S2/c15-18(16,14-11-5-2-1-3-6-11)13-9-8-12-7-4-10-17-12/h4,7,10-11,13-14H,1-3,5-6,8-9H2. The van der Waals surface area contributed by atoms with Crippen LogP contribution in [0.3, 0.4) is 0 Å². The van der Waals surface area contributed by atoms with Crippen molar-refractivity contribution in [3.8, 4) is 0 Å². The van der Waals surface area contributed by atoms with Crippen LogP contribution in [0.5, 0.6) is 0 Å². The van der Waals surface area contributed by atoms with Crippen LogP contribution in [-0.2, 0) is 16.6 Å². The third kappa shape index (κ3) is 4.68. The van der Waals surface area contributed by atoms with Crippen molar-refractivity contribution in [3.05, 3.63) is 22.4 Å². The average Bonchev–Trinajstić information content (AvgIpc) is 2.82. The van der Waals surface area contributed by atoms with Gasteiger partial charge >= 0.3 is 0 Å². The third-order valence-electron chi connectivity index (χ3n) is 3.17. The normalized spacial score (nSPS) is 18.0. The predicted molar refractivity (Wildman–Crippen MR) is 75.0 cm³/mol. The maximum Gasteiger partial charge on any atom is 0.277 e. The summed E-state index contributed by atoms with van der Waals surface area (Å²) in [6, 6.07) is 4.13. The molecular weight excluding hydrogens is 268 g/mol. The van der Waals surface area contributed by atoms with Crippen LogP contribution in [-0.4, -0.2) is 21.0 Å². The highest BCUT2D eigenvalue weighted by Gasteiger charge is 2.19. The van der Waals surface area contributed by atoms with E-state index in [0.29, 0.717) is 6.54 Å². The molecule has 0 radical (unpaired) electrons. The molecule has 6 heteroatoms. The first-order valence-electron chi connectivity index (χ1n) is 6.45. The van der Waals surface area contributed by atoms with Crippen molar-refractivity contribution in [2.75, 3.05) is 6.54 Å². The van der Waals surface area contributed by atoms with Crippen molar-refractivity contribution >= 4 is 21.5 Å². The van der Waals surface area contributed by atoms with Gasteiger partial charge in [-0.2, -0.15) is 13.1 Å². The Hall–Kier alpha value is -0.430. The highest BCUT2D eigenvalue weighted by atomic mass is 32.2. The van der Waals surface area contributed by atoms with Gasteiger partial charge in [-0.05, 0) is 30.7 Å². The van der Waals surface area contributed by atoms with Gasteiger partial charge in [-0.15, -0.1) is 11.3 Å². The molecule has 0 unspecified atom stereocenters. The molecule has 18 heavy (non-hydrogen) atoms.